The Morgan fingerprint density at radius 3 is 1.85 bits per heavy atom. The number of dihydropyridines is 1. The minimum Gasteiger partial charge on any atom is -0.507 e. The van der Waals surface area contributed by atoms with Gasteiger partial charge in [-0.15, -0.1) is 10.2 Å². The van der Waals surface area contributed by atoms with Crippen LogP contribution in [0.25, 0.3) is 0 Å². The maximum absolute atomic E-state index is 13.7. The second-order valence-corrected chi connectivity index (χ2v) is 37.7. The summed E-state index contributed by atoms with van der Waals surface area (Å²) < 4.78 is 147. The third-order valence-electron chi connectivity index (χ3n) is 23.0. The van der Waals surface area contributed by atoms with Gasteiger partial charge in [-0.1, -0.05) is 83.5 Å². The number of nitrogens with one attached hydrogen (secondary N) is 2. The number of hydrogen-bond donors (Lipinski definition) is 11. The summed E-state index contributed by atoms with van der Waals surface area (Å²) >= 11 is 6.42. The van der Waals surface area contributed by atoms with Crippen LogP contribution in [0, 0.1) is 54.5 Å². The summed E-state index contributed by atoms with van der Waals surface area (Å²) in [7, 11) is -3.58. The summed E-state index contributed by atoms with van der Waals surface area (Å²) in [5.74, 6) is -0.876. The summed E-state index contributed by atoms with van der Waals surface area (Å²) in [5, 5.41) is 24.7. The zero-order valence-electron chi connectivity index (χ0n) is 77.4. The minimum absolute atomic E-state index is 0.0139. The van der Waals surface area contributed by atoms with Crippen molar-refractivity contribution in [1.82, 2.24) is 30.5 Å². The van der Waals surface area contributed by atoms with E-state index in [0.29, 0.717) is 154 Å². The Morgan fingerprint density at radius 2 is 1.33 bits per heavy atom. The van der Waals surface area contributed by atoms with Crippen LogP contribution in [0.4, 0.5) is 37.7 Å². The lowest BCUT2D eigenvalue weighted by Crippen LogP contribution is -2.53. The third-order valence-corrected chi connectivity index (χ3v) is 26.2. The molecule has 4 atom stereocenters. The van der Waals surface area contributed by atoms with Gasteiger partial charge in [-0.25, -0.2) is 39.6 Å². The number of allylic oxidation sites excluding steroid dienone is 1. The van der Waals surface area contributed by atoms with Gasteiger partial charge in [0.1, 0.15) is 24.0 Å². The number of benzene rings is 7. The molecule has 15 rings (SSSR count). The number of amides is 1. The number of nitrogens with two attached hydrogens (primary N) is 8. The summed E-state index contributed by atoms with van der Waals surface area (Å²) in [6.45, 7) is 19.0. The van der Waals surface area contributed by atoms with E-state index in [4.69, 9.17) is 91.2 Å². The number of hydroxylamine groups is 1. The Kier molecular flexibility index (Phi) is 43.4. The zero-order chi connectivity index (χ0) is 99.7. The number of halogens is 7. The number of fused-ring (bicyclic) bond motifs is 1. The third kappa shape index (κ3) is 33.1. The minimum atomic E-state index is -4.34. The van der Waals surface area contributed by atoms with E-state index in [1.165, 1.54) is 95.2 Å². The molecule has 736 valence electrons. The number of nitrogen functional groups attached to an aromatic ring is 2. The molecule has 4 heterocycles. The number of sulfone groups is 2. The van der Waals surface area contributed by atoms with Gasteiger partial charge in [-0.2, -0.15) is 13.2 Å². The molecular formula is C96H126ClF6N15O15S2. The fraction of sp³-hybridized carbons (Fsp3) is 0.427. The molecule has 7 aliphatic rings. The molecule has 4 aliphatic carbocycles. The van der Waals surface area contributed by atoms with Crippen LogP contribution in [0.15, 0.2) is 206 Å². The number of phenols is 1. The average molecular weight is 1940 g/mol. The highest BCUT2D eigenvalue weighted by Crippen LogP contribution is 2.61. The second kappa shape index (κ2) is 52.8. The van der Waals surface area contributed by atoms with E-state index in [1.807, 2.05) is 18.4 Å². The number of unbranched alkanes of at least 4 members (excludes halogenated alkanes) is 1. The molecule has 135 heavy (non-hydrogen) atoms. The molecule has 3 aliphatic heterocycles. The van der Waals surface area contributed by atoms with Crippen LogP contribution in [-0.4, -0.2) is 169 Å². The fourth-order valence-electron chi connectivity index (χ4n) is 16.2. The van der Waals surface area contributed by atoms with Crippen LogP contribution in [0.2, 0.25) is 5.02 Å². The highest BCUT2D eigenvalue weighted by Gasteiger charge is 2.52. The van der Waals surface area contributed by atoms with E-state index in [0.717, 1.165) is 71.4 Å². The zero-order valence-corrected chi connectivity index (χ0v) is 79.8. The molecule has 8 aromatic rings. The van der Waals surface area contributed by atoms with Crippen LogP contribution in [0.3, 0.4) is 0 Å². The molecule has 1 saturated heterocycles. The van der Waals surface area contributed by atoms with Gasteiger partial charge in [0.05, 0.1) is 100 Å². The first-order chi connectivity index (χ1) is 63.9. The van der Waals surface area contributed by atoms with Gasteiger partial charge in [0.25, 0.3) is 0 Å². The van der Waals surface area contributed by atoms with E-state index in [1.54, 1.807) is 117 Å². The number of oxime groups is 1. The van der Waals surface area contributed by atoms with Crippen molar-refractivity contribution in [2.24, 2.45) is 62.7 Å². The van der Waals surface area contributed by atoms with Crippen molar-refractivity contribution in [3.8, 4) is 5.75 Å². The van der Waals surface area contributed by atoms with E-state index < -0.39 is 72.8 Å². The van der Waals surface area contributed by atoms with Crippen LogP contribution < -0.4 is 56.7 Å². The molecule has 30 nitrogen and oxygen atoms in total. The number of ketones is 1. The monoisotopic (exact) mass is 1940 g/mol. The van der Waals surface area contributed by atoms with Crippen molar-refractivity contribution in [2.45, 2.75) is 177 Å². The number of rotatable bonds is 27. The number of anilines is 2. The predicted molar refractivity (Wildman–Crippen MR) is 505 cm³/mol. The van der Waals surface area contributed by atoms with Crippen LogP contribution in [0.5, 0.6) is 5.75 Å². The standard InChI is InChI=1S/C20H25ClN2O5.C16H18F3N5O.C15H21F3N2O2.C13H13NO2S.C12H21N.C8H11NO2S.C8H9NO2.C4H8N2O/c1-4-28-20(25)18-15(11-27-10-9-22)23-12(2)16(19(24)26-3)17(18)13-7-5-6-8-14(13)21;1-9-21-22-15-8-23(2-3-24(9)15)16(25)6-11(20)4-10-5-13(18)14(19)7-12(10)17;1-21-10-3-2-4-14(20-22-11-9-19)12-5-7-13(8-6-12)15(16,17)18;1-10-2-6-12(7-3-10)17(15,16)13-8-4-11(14)5-9-13;1-8(13)12-5-9-2-10(6-12)4-11(3-9)7-12;1-12(10,11)8-4-2-7(6-9)3-5-8;1-5(10)7-3-2-6(9)4-8(7)11;1-3-4(5)2-7-6-3/h5-8,17,23H,4,9-11,22H2,1-3H3;5,7,11H,2-4,6,8,20H2,1H3;5-8H,2-4,9-11,19H2,1H3;2-9H,14H2,1H3;8-11H,2-7,13H2,1H3;2-5H,6,9H2,1H3;2-4,11H,9H2,1H3;4,6H,1-2,5H2/b;;20-14-;;;;;/t;;;;;;;4-/m.......1/s1. The topological polar surface area (TPSA) is 491 Å². The lowest BCUT2D eigenvalue weighted by molar-refractivity contribution is -0.139. The molecule has 4 saturated carbocycles. The predicted octanol–water partition coefficient (Wildman–Crippen LogP) is 12.8. The van der Waals surface area contributed by atoms with E-state index in [-0.39, 0.29) is 72.2 Å². The largest absolute Gasteiger partial charge is 0.507 e. The van der Waals surface area contributed by atoms with Crippen molar-refractivity contribution in [2.75, 3.05) is 91.2 Å². The summed E-state index contributed by atoms with van der Waals surface area (Å²) in [6, 6.07) is 37.0. The van der Waals surface area contributed by atoms with E-state index >= 15 is 0 Å². The van der Waals surface area contributed by atoms with Gasteiger partial charge < -0.3 is 89.5 Å². The van der Waals surface area contributed by atoms with Gasteiger partial charge in [0.2, 0.25) is 15.7 Å². The number of carbonyl (C=O) groups excluding carboxylic acids is 4. The number of carbonyl (C=O) groups is 4. The van der Waals surface area contributed by atoms with Crippen molar-refractivity contribution < 1.29 is 96.1 Å². The number of alkyl halides is 3. The first-order valence-electron chi connectivity index (χ1n) is 43.9. The van der Waals surface area contributed by atoms with Gasteiger partial charge in [-0.3, -0.25) is 19.9 Å². The van der Waals surface area contributed by atoms with Crippen molar-refractivity contribution in [1.29, 1.82) is 0 Å². The molecule has 0 spiro atoms. The maximum atomic E-state index is 13.7. The van der Waals surface area contributed by atoms with Crippen molar-refractivity contribution in [3.63, 3.8) is 0 Å². The molecule has 1 amide bonds. The number of methoxy groups -OCH3 is 2. The van der Waals surface area contributed by atoms with Gasteiger partial charge in [0, 0.05) is 111 Å². The van der Waals surface area contributed by atoms with Crippen molar-refractivity contribution in [3.05, 3.63) is 260 Å². The van der Waals surface area contributed by atoms with Crippen LogP contribution >= 0.6 is 11.6 Å². The number of phenolic OH excluding ortho intramolecular Hbond substituents is 1. The van der Waals surface area contributed by atoms with Crippen molar-refractivity contribution >= 4 is 72.0 Å². The second-order valence-electron chi connectivity index (χ2n) is 33.4. The molecule has 19 N–H and O–H groups in total. The SMILES string of the molecule is C=C1NOC[C@H]1N.CC(=O)c1ccc(N)cc1O.CC(N)C12CC3CC(CC(C3)C1)C2.CCOC(=O)C1=C(COCCN)NC(C)=C(C(=O)OC)C1c1ccccc1Cl.COCCCC/C(=N/OCCN)c1ccc(C(F)(F)F)cc1.CS(=O)(=O)c1ccc(CN)cc1.Cc1ccc(S(=O)(=O)c2ccc(N)cc2)cc1.Cc1nnc2n1CCN(C(=O)CC(N)Cc1cc(F)c(F)cc1F)C2. The molecule has 4 bridgehead atoms. The number of aromatic nitrogens is 3. The average Bonchev–Trinajstić information content (AvgIpc) is 0.982. The fourth-order valence-corrected chi connectivity index (χ4v) is 18.4. The highest BCUT2D eigenvalue weighted by molar-refractivity contribution is 7.91. The van der Waals surface area contributed by atoms with E-state index in [9.17, 15) is 62.4 Å². The molecule has 1 aromatic heterocycles. The summed E-state index contributed by atoms with van der Waals surface area (Å²) in [6.07, 6.45) is 7.97. The molecule has 0 radical (unpaired) electrons. The normalized spacial score (nSPS) is 18.4. The highest BCUT2D eigenvalue weighted by atomic mass is 35.5. The Morgan fingerprint density at radius 1 is 0.741 bits per heavy atom. The molecule has 7 aromatic carbocycles. The van der Waals surface area contributed by atoms with Gasteiger partial charge in [0.15, 0.2) is 33.1 Å². The summed E-state index contributed by atoms with van der Waals surface area (Å²) in [5.41, 5.74) is 54.4. The van der Waals surface area contributed by atoms with Crippen LogP contribution in [0.1, 0.15) is 153 Å². The molecular weight excluding hydrogens is 1820 g/mol. The Bertz CT molecular complexity index is 5520. The molecule has 5 fully saturated rings. The Labute approximate surface area is 790 Å². The number of nitrogens with zero attached hydrogens (tertiary/aromatic N) is 5. The number of Topliss-reactive ketones (excluding diaryl/α,β-unsaturated/α-hetero) is 1. The number of aromatic hydroxyl groups is 1. The first-order valence-corrected chi connectivity index (χ1v) is 47.6. The lowest BCUT2D eigenvalue weighted by atomic mass is 9.48. The number of ether oxygens (including phenoxy) is 4. The quantitative estimate of drug-likeness (QED) is 0.00333. The van der Waals surface area contributed by atoms with Gasteiger partial charge >= 0.3 is 18.1 Å². The molecule has 39 heteroatoms. The summed E-state index contributed by atoms with van der Waals surface area (Å²) in [4.78, 5) is 60.9. The maximum Gasteiger partial charge on any atom is 0.416 e. The van der Waals surface area contributed by atoms with Crippen LogP contribution in [-0.2, 0) is 94.9 Å². The Hall–Kier alpha value is -11.1. The number of esters is 2. The lowest BCUT2D eigenvalue weighted by Gasteiger charge is -2.58. The smallest absolute Gasteiger partial charge is 0.416 e. The first kappa shape index (κ1) is 111. The van der Waals surface area contributed by atoms with Gasteiger partial charge in [-0.05, 0) is 236 Å². The number of hydrogen-bond acceptors (Lipinski definition) is 28. The number of aryl methyl sites for hydroxylation is 2. The molecule has 3 unspecified atom stereocenters. The van der Waals surface area contributed by atoms with E-state index in [2.05, 4.69) is 39.7 Å². The Balaban J connectivity index is 0.000000216.